The number of phenols is 1. The number of hydrogen-bond donors (Lipinski definition) is 3. The van der Waals surface area contributed by atoms with Crippen LogP contribution in [0, 0.1) is 0 Å². The number of thiophene rings is 1. The van der Waals surface area contributed by atoms with Gasteiger partial charge in [-0.1, -0.05) is 18.2 Å². The first-order valence-corrected chi connectivity index (χ1v) is 9.70. The number of phenolic OH excluding ortho intramolecular Hbond substituents is 1. The van der Waals surface area contributed by atoms with E-state index >= 15 is 0 Å². The highest BCUT2D eigenvalue weighted by atomic mass is 32.1. The number of rotatable bonds is 6. The minimum Gasteiger partial charge on any atom is -0.506 e. The minimum atomic E-state index is -0.0464. The molecule has 1 amide bonds. The van der Waals surface area contributed by atoms with Gasteiger partial charge in [0.05, 0.1) is 31.9 Å². The summed E-state index contributed by atoms with van der Waals surface area (Å²) in [5, 5.41) is 15.1. The van der Waals surface area contributed by atoms with E-state index in [1.165, 1.54) is 9.78 Å². The number of aromatic hydroxyl groups is 1. The van der Waals surface area contributed by atoms with E-state index < -0.39 is 0 Å². The van der Waals surface area contributed by atoms with Gasteiger partial charge in [-0.2, -0.15) is 0 Å². The number of piperazine rings is 1. The van der Waals surface area contributed by atoms with E-state index in [4.69, 9.17) is 0 Å². The Hall–Kier alpha value is -2.05. The molecule has 25 heavy (non-hydrogen) atoms. The van der Waals surface area contributed by atoms with Gasteiger partial charge in [0.25, 0.3) is 5.91 Å². The Balaban J connectivity index is 1.45. The zero-order valence-electron chi connectivity index (χ0n) is 14.6. The topological polar surface area (TPSA) is 57.0 Å². The van der Waals surface area contributed by atoms with Crippen molar-refractivity contribution in [1.82, 2.24) is 5.32 Å². The predicted molar refractivity (Wildman–Crippen MR) is 102 cm³/mol. The molecule has 0 spiro atoms. The van der Waals surface area contributed by atoms with Crippen LogP contribution in [0.15, 0.2) is 41.8 Å². The van der Waals surface area contributed by atoms with E-state index in [-0.39, 0.29) is 11.9 Å². The number of nitrogens with one attached hydrogen (secondary N) is 2. The van der Waals surface area contributed by atoms with Gasteiger partial charge >= 0.3 is 0 Å². The Morgan fingerprint density at radius 1 is 1.28 bits per heavy atom. The molecule has 134 valence electrons. The summed E-state index contributed by atoms with van der Waals surface area (Å²) in [4.78, 5) is 17.2. The molecule has 1 atom stereocenters. The van der Waals surface area contributed by atoms with Gasteiger partial charge < -0.3 is 20.2 Å². The lowest BCUT2D eigenvalue weighted by Crippen LogP contribution is -3.19. The maximum absolute atomic E-state index is 12.4. The number of hydrogen-bond acceptors (Lipinski definition) is 4. The lowest BCUT2D eigenvalue weighted by atomic mass is 10.2. The van der Waals surface area contributed by atoms with E-state index in [1.807, 2.05) is 31.2 Å². The van der Waals surface area contributed by atoms with Crippen molar-refractivity contribution >= 4 is 22.9 Å². The van der Waals surface area contributed by atoms with Gasteiger partial charge in [0.1, 0.15) is 5.75 Å². The number of amides is 1. The lowest BCUT2D eigenvalue weighted by Gasteiger charge is -2.36. The van der Waals surface area contributed by atoms with E-state index in [0.29, 0.717) is 12.3 Å². The molecule has 5 nitrogen and oxygen atoms in total. The second-order valence-electron chi connectivity index (χ2n) is 6.48. The first kappa shape index (κ1) is 17.8. The minimum absolute atomic E-state index is 0.0464. The molecule has 0 unspecified atom stereocenters. The Morgan fingerprint density at radius 2 is 2.04 bits per heavy atom. The van der Waals surface area contributed by atoms with Crippen molar-refractivity contribution in [3.8, 4) is 5.75 Å². The molecule has 1 aliphatic rings. The Kier molecular flexibility index (Phi) is 5.94. The third kappa shape index (κ3) is 4.52. The molecule has 6 heteroatoms. The first-order chi connectivity index (χ1) is 12.1. The second-order valence-corrected chi connectivity index (χ2v) is 7.51. The zero-order valence-corrected chi connectivity index (χ0v) is 15.4. The molecule has 1 aromatic heterocycles. The Bertz CT molecular complexity index is 682. The van der Waals surface area contributed by atoms with Crippen LogP contribution in [-0.4, -0.2) is 49.8 Å². The summed E-state index contributed by atoms with van der Waals surface area (Å²) in [6, 6.07) is 11.5. The maximum atomic E-state index is 12.4. The highest BCUT2D eigenvalue weighted by Crippen LogP contribution is 2.25. The molecule has 0 bridgehead atoms. The molecule has 0 aliphatic carbocycles. The molecule has 2 aromatic rings. The quantitative estimate of drug-likeness (QED) is 0.718. The summed E-state index contributed by atoms with van der Waals surface area (Å²) in [6.07, 6.45) is 0.895. The molecule has 1 aliphatic heterocycles. The lowest BCUT2D eigenvalue weighted by molar-refractivity contribution is -0.914. The summed E-state index contributed by atoms with van der Waals surface area (Å²) < 4.78 is 0. The Labute approximate surface area is 152 Å². The van der Waals surface area contributed by atoms with Gasteiger partial charge in [-0.3, -0.25) is 4.79 Å². The molecule has 3 rings (SSSR count). The fraction of sp³-hybridized carbons (Fsp3) is 0.421. The van der Waals surface area contributed by atoms with Crippen LogP contribution in [0.1, 0.15) is 11.8 Å². The molecule has 1 aromatic carbocycles. The number of anilines is 1. The van der Waals surface area contributed by atoms with Crippen molar-refractivity contribution in [1.29, 1.82) is 0 Å². The van der Waals surface area contributed by atoms with Crippen molar-refractivity contribution in [3.05, 3.63) is 46.7 Å². The predicted octanol–water partition coefficient (Wildman–Crippen LogP) is 0.906. The largest absolute Gasteiger partial charge is 0.506 e. The van der Waals surface area contributed by atoms with Gasteiger partial charge in [0, 0.05) is 11.4 Å². The number of carbonyl (C=O) groups excluding carboxylic acids is 1. The van der Waals surface area contributed by atoms with Crippen LogP contribution in [0.25, 0.3) is 0 Å². The van der Waals surface area contributed by atoms with Gasteiger partial charge in [-0.15, -0.1) is 11.3 Å². The van der Waals surface area contributed by atoms with E-state index in [9.17, 15) is 9.90 Å². The second kappa shape index (κ2) is 8.36. The maximum Gasteiger partial charge on any atom is 0.278 e. The normalized spacial score (nSPS) is 16.6. The summed E-state index contributed by atoms with van der Waals surface area (Å²) in [7, 11) is 0. The molecule has 2 heterocycles. The van der Waals surface area contributed by atoms with Crippen LogP contribution >= 0.6 is 11.3 Å². The molecule has 0 saturated carbocycles. The highest BCUT2D eigenvalue weighted by Gasteiger charge is 2.29. The van der Waals surface area contributed by atoms with Crippen molar-refractivity contribution in [2.45, 2.75) is 19.4 Å². The van der Waals surface area contributed by atoms with Crippen LogP contribution < -0.4 is 15.1 Å². The fourth-order valence-electron chi connectivity index (χ4n) is 3.30. The highest BCUT2D eigenvalue weighted by molar-refractivity contribution is 7.09. The third-order valence-corrected chi connectivity index (χ3v) is 5.82. The SMILES string of the molecule is C[C@@H](C(=O)NCCc1cccs1)[NH+]1CCN(c2ccccc2O)CC1. The Morgan fingerprint density at radius 3 is 2.72 bits per heavy atom. The van der Waals surface area contributed by atoms with Crippen molar-refractivity contribution in [3.63, 3.8) is 0 Å². The monoisotopic (exact) mass is 360 g/mol. The number of nitrogens with zero attached hydrogens (tertiary/aromatic N) is 1. The van der Waals surface area contributed by atoms with E-state index in [1.54, 1.807) is 17.4 Å². The van der Waals surface area contributed by atoms with Crippen molar-refractivity contribution in [2.75, 3.05) is 37.6 Å². The first-order valence-electron chi connectivity index (χ1n) is 8.83. The molecular formula is C19H26N3O2S+. The number of quaternary nitrogens is 1. The van der Waals surface area contributed by atoms with Gasteiger partial charge in [0.2, 0.25) is 0 Å². The van der Waals surface area contributed by atoms with Gasteiger partial charge in [-0.25, -0.2) is 0 Å². The number of para-hydroxylation sites is 2. The fourth-order valence-corrected chi connectivity index (χ4v) is 4.01. The molecular weight excluding hydrogens is 334 g/mol. The van der Waals surface area contributed by atoms with E-state index in [0.717, 1.165) is 38.3 Å². The summed E-state index contributed by atoms with van der Waals surface area (Å²) in [5.41, 5.74) is 0.884. The zero-order chi connectivity index (χ0) is 17.6. The number of carbonyl (C=O) groups is 1. The van der Waals surface area contributed by atoms with E-state index in [2.05, 4.69) is 21.7 Å². The van der Waals surface area contributed by atoms with Crippen molar-refractivity contribution in [2.24, 2.45) is 0 Å². The summed E-state index contributed by atoms with van der Waals surface area (Å²) in [5.74, 6) is 0.452. The standard InChI is InChI=1S/C19H25N3O2S/c1-15(19(24)20-9-8-16-5-4-14-25-16)21-10-12-22(13-11-21)17-6-2-3-7-18(17)23/h2-7,14-15,23H,8-13H2,1H3,(H,20,24)/p+1/t15-/m0/s1. The molecule has 1 fully saturated rings. The van der Waals surface area contributed by atoms with Gasteiger partial charge in [0.15, 0.2) is 6.04 Å². The average molecular weight is 361 g/mol. The number of benzene rings is 1. The molecule has 0 radical (unpaired) electrons. The molecule has 3 N–H and O–H groups in total. The van der Waals surface area contributed by atoms with Crippen LogP contribution in [0.5, 0.6) is 5.75 Å². The average Bonchev–Trinajstić information content (AvgIpc) is 3.15. The smallest absolute Gasteiger partial charge is 0.278 e. The van der Waals surface area contributed by atoms with Crippen LogP contribution in [-0.2, 0) is 11.2 Å². The van der Waals surface area contributed by atoms with Gasteiger partial charge in [-0.05, 0) is 36.9 Å². The summed E-state index contributed by atoms with van der Waals surface area (Å²) >= 11 is 1.73. The van der Waals surface area contributed by atoms with Crippen molar-refractivity contribution < 1.29 is 14.8 Å². The van der Waals surface area contributed by atoms with Crippen LogP contribution in [0.2, 0.25) is 0 Å². The van der Waals surface area contributed by atoms with Crippen LogP contribution in [0.4, 0.5) is 5.69 Å². The van der Waals surface area contributed by atoms with Crippen LogP contribution in [0.3, 0.4) is 0 Å². The molecule has 1 saturated heterocycles. The third-order valence-electron chi connectivity index (χ3n) is 4.88. The summed E-state index contributed by atoms with van der Waals surface area (Å²) in [6.45, 7) is 6.19.